The summed E-state index contributed by atoms with van der Waals surface area (Å²) in [4.78, 5) is 12.2. The van der Waals surface area contributed by atoms with Crippen LogP contribution in [0.3, 0.4) is 0 Å². The van der Waals surface area contributed by atoms with Gasteiger partial charge in [-0.3, -0.25) is 4.79 Å². The largest absolute Gasteiger partial charge is 0.493 e. The Kier molecular flexibility index (Phi) is 5.61. The summed E-state index contributed by atoms with van der Waals surface area (Å²) < 4.78 is 28.9. The van der Waals surface area contributed by atoms with E-state index >= 15 is 0 Å². The van der Waals surface area contributed by atoms with E-state index in [1.807, 2.05) is 6.07 Å². The van der Waals surface area contributed by atoms with E-state index in [1.165, 1.54) is 12.1 Å². The lowest BCUT2D eigenvalue weighted by Gasteiger charge is -2.07. The van der Waals surface area contributed by atoms with E-state index in [0.29, 0.717) is 23.0 Å². The minimum atomic E-state index is -0.507. The van der Waals surface area contributed by atoms with Crippen LogP contribution in [-0.4, -0.2) is 25.3 Å². The second-order valence-corrected chi connectivity index (χ2v) is 5.97. The number of halogens is 2. The molecule has 6 nitrogen and oxygen atoms in total. The Hall–Kier alpha value is -3.06. The predicted molar refractivity (Wildman–Crippen MR) is 97.6 cm³/mol. The maximum atomic E-state index is 13.1. The van der Waals surface area contributed by atoms with Crippen molar-refractivity contribution in [1.82, 2.24) is 10.5 Å². The van der Waals surface area contributed by atoms with Crippen molar-refractivity contribution in [2.75, 3.05) is 14.2 Å². The van der Waals surface area contributed by atoms with Gasteiger partial charge in [0.2, 0.25) is 0 Å². The second kappa shape index (κ2) is 8.09. The highest BCUT2D eigenvalue weighted by Crippen LogP contribution is 2.32. The van der Waals surface area contributed by atoms with Crippen LogP contribution in [0.4, 0.5) is 4.39 Å². The molecule has 0 saturated carbocycles. The van der Waals surface area contributed by atoms with Crippen LogP contribution in [0.25, 0.3) is 11.3 Å². The quantitative estimate of drug-likeness (QED) is 0.686. The van der Waals surface area contributed by atoms with Crippen LogP contribution in [0.1, 0.15) is 16.1 Å². The lowest BCUT2D eigenvalue weighted by Crippen LogP contribution is -2.23. The first-order chi connectivity index (χ1) is 13.0. The normalized spacial score (nSPS) is 10.5. The third kappa shape index (κ3) is 4.20. The van der Waals surface area contributed by atoms with Crippen LogP contribution in [0.5, 0.6) is 11.5 Å². The van der Waals surface area contributed by atoms with E-state index in [-0.39, 0.29) is 17.1 Å². The van der Waals surface area contributed by atoms with Crippen LogP contribution in [0.2, 0.25) is 5.02 Å². The van der Waals surface area contributed by atoms with Crippen molar-refractivity contribution in [3.05, 3.63) is 64.6 Å². The molecule has 0 spiro atoms. The van der Waals surface area contributed by atoms with Crippen molar-refractivity contribution >= 4 is 17.5 Å². The number of aromatic nitrogens is 1. The van der Waals surface area contributed by atoms with E-state index < -0.39 is 11.7 Å². The highest BCUT2D eigenvalue weighted by Gasteiger charge is 2.14. The number of carbonyl (C=O) groups is 1. The van der Waals surface area contributed by atoms with Crippen LogP contribution in [0.15, 0.2) is 47.0 Å². The molecule has 0 bridgehead atoms. The highest BCUT2D eigenvalue weighted by atomic mass is 35.5. The molecule has 0 radical (unpaired) electrons. The Morgan fingerprint density at radius 3 is 2.63 bits per heavy atom. The van der Waals surface area contributed by atoms with Crippen LogP contribution in [0, 0.1) is 5.82 Å². The number of rotatable bonds is 6. The number of nitrogens with one attached hydrogen (secondary N) is 1. The molecule has 0 aliphatic heterocycles. The molecule has 140 valence electrons. The van der Waals surface area contributed by atoms with E-state index in [0.717, 1.165) is 11.6 Å². The van der Waals surface area contributed by atoms with Gasteiger partial charge in [-0.05, 0) is 36.4 Å². The standard InChI is InChI=1S/C19H16ClFN2O4/c1-25-16-6-3-11(7-18(16)26-2)17-9-13(23-27-17)10-22-19(24)14-5-4-12(21)8-15(14)20/h3-9H,10H2,1-2H3,(H,22,24). The number of amides is 1. The van der Waals surface area contributed by atoms with Gasteiger partial charge in [0, 0.05) is 11.6 Å². The number of hydrogen-bond acceptors (Lipinski definition) is 5. The van der Waals surface area contributed by atoms with Gasteiger partial charge in [0.15, 0.2) is 17.3 Å². The Balaban J connectivity index is 1.70. The molecule has 3 aromatic rings. The molecule has 27 heavy (non-hydrogen) atoms. The third-order valence-electron chi connectivity index (χ3n) is 3.83. The van der Waals surface area contributed by atoms with Gasteiger partial charge >= 0.3 is 0 Å². The summed E-state index contributed by atoms with van der Waals surface area (Å²) >= 11 is 5.89. The number of nitrogens with zero attached hydrogens (tertiary/aromatic N) is 1. The zero-order valence-corrected chi connectivity index (χ0v) is 15.3. The molecule has 1 N–H and O–H groups in total. The van der Waals surface area contributed by atoms with Crippen molar-refractivity contribution in [1.29, 1.82) is 0 Å². The van der Waals surface area contributed by atoms with Crippen molar-refractivity contribution in [3.63, 3.8) is 0 Å². The Bertz CT molecular complexity index is 974. The molecular formula is C19H16ClFN2O4. The topological polar surface area (TPSA) is 73.6 Å². The molecule has 1 amide bonds. The van der Waals surface area contributed by atoms with E-state index in [2.05, 4.69) is 10.5 Å². The molecular weight excluding hydrogens is 375 g/mol. The number of methoxy groups -OCH3 is 2. The van der Waals surface area contributed by atoms with Crippen molar-refractivity contribution in [3.8, 4) is 22.8 Å². The van der Waals surface area contributed by atoms with Gasteiger partial charge in [0.25, 0.3) is 5.91 Å². The van der Waals surface area contributed by atoms with Crippen LogP contribution in [-0.2, 0) is 6.54 Å². The molecule has 0 unspecified atom stereocenters. The van der Waals surface area contributed by atoms with E-state index in [9.17, 15) is 9.18 Å². The SMILES string of the molecule is COc1ccc(-c2cc(CNC(=O)c3ccc(F)cc3Cl)no2)cc1OC. The summed E-state index contributed by atoms with van der Waals surface area (Å²) in [6.07, 6.45) is 0. The van der Waals surface area contributed by atoms with Gasteiger partial charge in [0.05, 0.1) is 31.4 Å². The van der Waals surface area contributed by atoms with Gasteiger partial charge in [-0.2, -0.15) is 0 Å². The fraction of sp³-hybridized carbons (Fsp3) is 0.158. The molecule has 0 aliphatic carbocycles. The Labute approximate surface area is 159 Å². The fourth-order valence-electron chi connectivity index (χ4n) is 2.46. The molecule has 1 heterocycles. The van der Waals surface area contributed by atoms with Crippen molar-refractivity contribution in [2.45, 2.75) is 6.54 Å². The first kappa shape index (κ1) is 18.7. The molecule has 2 aromatic carbocycles. The molecule has 0 saturated heterocycles. The zero-order chi connectivity index (χ0) is 19.4. The van der Waals surface area contributed by atoms with E-state index in [1.54, 1.807) is 32.4 Å². The summed E-state index contributed by atoms with van der Waals surface area (Å²) in [5, 5.41) is 6.65. The fourth-order valence-corrected chi connectivity index (χ4v) is 2.71. The number of hydrogen-bond donors (Lipinski definition) is 1. The van der Waals surface area contributed by atoms with Crippen molar-refractivity contribution < 1.29 is 23.2 Å². The number of ether oxygens (including phenoxy) is 2. The number of benzene rings is 2. The predicted octanol–water partition coefficient (Wildman–Crippen LogP) is 4.08. The lowest BCUT2D eigenvalue weighted by molar-refractivity contribution is 0.0950. The molecule has 3 rings (SSSR count). The van der Waals surface area contributed by atoms with Gasteiger partial charge < -0.3 is 19.3 Å². The lowest BCUT2D eigenvalue weighted by atomic mass is 10.1. The average molecular weight is 391 g/mol. The molecule has 0 fully saturated rings. The first-order valence-electron chi connectivity index (χ1n) is 7.93. The molecule has 0 atom stereocenters. The average Bonchev–Trinajstić information content (AvgIpc) is 3.14. The van der Waals surface area contributed by atoms with Gasteiger partial charge in [-0.15, -0.1) is 0 Å². The second-order valence-electron chi connectivity index (χ2n) is 5.56. The smallest absolute Gasteiger partial charge is 0.253 e. The molecule has 8 heteroatoms. The Morgan fingerprint density at radius 1 is 1.15 bits per heavy atom. The summed E-state index contributed by atoms with van der Waals surface area (Å²) in [7, 11) is 3.10. The number of carbonyl (C=O) groups excluding carboxylic acids is 1. The molecule has 0 aliphatic rings. The highest BCUT2D eigenvalue weighted by molar-refractivity contribution is 6.33. The van der Waals surface area contributed by atoms with Crippen LogP contribution >= 0.6 is 11.6 Å². The van der Waals surface area contributed by atoms with Gasteiger partial charge in [-0.25, -0.2) is 4.39 Å². The zero-order valence-electron chi connectivity index (χ0n) is 14.6. The van der Waals surface area contributed by atoms with Gasteiger partial charge in [-0.1, -0.05) is 16.8 Å². The monoisotopic (exact) mass is 390 g/mol. The summed E-state index contributed by atoms with van der Waals surface area (Å²) in [5.41, 5.74) is 1.45. The minimum Gasteiger partial charge on any atom is -0.493 e. The summed E-state index contributed by atoms with van der Waals surface area (Å²) in [6, 6.07) is 10.6. The van der Waals surface area contributed by atoms with Crippen LogP contribution < -0.4 is 14.8 Å². The Morgan fingerprint density at radius 2 is 1.93 bits per heavy atom. The minimum absolute atomic E-state index is 0.0404. The summed E-state index contributed by atoms with van der Waals surface area (Å²) in [6.45, 7) is 0.128. The van der Waals surface area contributed by atoms with Gasteiger partial charge in [0.1, 0.15) is 11.5 Å². The summed E-state index contributed by atoms with van der Waals surface area (Å²) in [5.74, 6) is 0.736. The van der Waals surface area contributed by atoms with Crippen molar-refractivity contribution in [2.24, 2.45) is 0 Å². The maximum absolute atomic E-state index is 13.1. The van der Waals surface area contributed by atoms with E-state index in [4.69, 9.17) is 25.6 Å². The first-order valence-corrected chi connectivity index (χ1v) is 8.31. The third-order valence-corrected chi connectivity index (χ3v) is 4.15. The maximum Gasteiger partial charge on any atom is 0.253 e. The molecule has 1 aromatic heterocycles.